The summed E-state index contributed by atoms with van der Waals surface area (Å²) in [4.78, 5) is 25.7. The number of carbonyl (C=O) groups excluding carboxylic acids is 1. The summed E-state index contributed by atoms with van der Waals surface area (Å²) in [6.45, 7) is 6.94. The van der Waals surface area contributed by atoms with Crippen molar-refractivity contribution in [1.82, 2.24) is 4.90 Å². The van der Waals surface area contributed by atoms with Gasteiger partial charge in [-0.1, -0.05) is 32.0 Å². The van der Waals surface area contributed by atoms with Gasteiger partial charge >= 0.3 is 5.97 Å². The predicted octanol–water partition coefficient (Wildman–Crippen LogP) is 3.05. The van der Waals surface area contributed by atoms with Gasteiger partial charge in [0.15, 0.2) is 0 Å². The van der Waals surface area contributed by atoms with Crippen molar-refractivity contribution < 1.29 is 14.7 Å². The standard InChI is InChI=1S/C16H23NO3S/c1-12(2)10-17(9-8-16(19)20)15(18)11-21-14-7-5-4-6-13(14)3/h4-7,12H,8-11H2,1-3H3,(H,19,20). The van der Waals surface area contributed by atoms with Crippen molar-refractivity contribution >= 4 is 23.6 Å². The Hall–Kier alpha value is -1.49. The average Bonchev–Trinajstić information content (AvgIpc) is 2.41. The number of aryl methyl sites for hydroxylation is 1. The third kappa shape index (κ3) is 6.67. The normalized spacial score (nSPS) is 10.7. The Morgan fingerprint density at radius 3 is 2.52 bits per heavy atom. The van der Waals surface area contributed by atoms with Crippen LogP contribution in [0, 0.1) is 12.8 Å². The number of hydrogen-bond acceptors (Lipinski definition) is 3. The highest BCUT2D eigenvalue weighted by atomic mass is 32.2. The van der Waals surface area contributed by atoms with Crippen molar-refractivity contribution in [3.8, 4) is 0 Å². The van der Waals surface area contributed by atoms with Crippen molar-refractivity contribution in [2.24, 2.45) is 5.92 Å². The van der Waals surface area contributed by atoms with E-state index in [4.69, 9.17) is 5.11 Å². The molecule has 1 rings (SSSR count). The van der Waals surface area contributed by atoms with E-state index in [-0.39, 0.29) is 18.9 Å². The summed E-state index contributed by atoms with van der Waals surface area (Å²) in [5.41, 5.74) is 1.15. The fraction of sp³-hybridized carbons (Fsp3) is 0.500. The smallest absolute Gasteiger partial charge is 0.305 e. The van der Waals surface area contributed by atoms with Crippen LogP contribution < -0.4 is 0 Å². The molecule has 0 aliphatic rings. The van der Waals surface area contributed by atoms with Gasteiger partial charge in [0.2, 0.25) is 5.91 Å². The molecule has 0 heterocycles. The lowest BCUT2D eigenvalue weighted by atomic mass is 10.2. The molecular weight excluding hydrogens is 286 g/mol. The van der Waals surface area contributed by atoms with Gasteiger partial charge in [0.05, 0.1) is 12.2 Å². The van der Waals surface area contributed by atoms with E-state index in [1.54, 1.807) is 4.90 Å². The summed E-state index contributed by atoms with van der Waals surface area (Å²) in [6.07, 6.45) is -0.00646. The van der Waals surface area contributed by atoms with E-state index >= 15 is 0 Å². The first-order valence-electron chi connectivity index (χ1n) is 7.08. The van der Waals surface area contributed by atoms with Crippen LogP contribution in [0.3, 0.4) is 0 Å². The molecule has 0 aromatic heterocycles. The lowest BCUT2D eigenvalue weighted by Crippen LogP contribution is -2.37. The monoisotopic (exact) mass is 309 g/mol. The number of benzene rings is 1. The quantitative estimate of drug-likeness (QED) is 0.750. The molecule has 0 bridgehead atoms. The third-order valence-corrected chi connectivity index (χ3v) is 4.14. The summed E-state index contributed by atoms with van der Waals surface area (Å²) in [6, 6.07) is 7.94. The summed E-state index contributed by atoms with van der Waals surface area (Å²) in [5.74, 6) is -0.204. The van der Waals surface area contributed by atoms with Crippen LogP contribution in [-0.2, 0) is 9.59 Å². The van der Waals surface area contributed by atoms with E-state index in [9.17, 15) is 9.59 Å². The second-order valence-corrected chi connectivity index (χ2v) is 6.45. The molecule has 0 saturated carbocycles. The number of carboxylic acid groups (broad SMARTS) is 1. The van der Waals surface area contributed by atoms with Crippen molar-refractivity contribution in [2.45, 2.75) is 32.1 Å². The first-order valence-corrected chi connectivity index (χ1v) is 8.06. The van der Waals surface area contributed by atoms with Gasteiger partial charge < -0.3 is 10.0 Å². The van der Waals surface area contributed by atoms with Crippen LogP contribution >= 0.6 is 11.8 Å². The second kappa shape index (κ2) is 8.72. The molecule has 0 unspecified atom stereocenters. The first-order chi connectivity index (χ1) is 9.90. The predicted molar refractivity (Wildman–Crippen MR) is 85.6 cm³/mol. The minimum absolute atomic E-state index is 0.00166. The van der Waals surface area contributed by atoms with Gasteiger partial charge in [0.1, 0.15) is 0 Å². The van der Waals surface area contributed by atoms with Gasteiger partial charge in [-0.3, -0.25) is 9.59 Å². The molecule has 0 radical (unpaired) electrons. The molecule has 21 heavy (non-hydrogen) atoms. The minimum atomic E-state index is -0.872. The van der Waals surface area contributed by atoms with E-state index < -0.39 is 5.97 Å². The van der Waals surface area contributed by atoms with Crippen LogP contribution in [0.2, 0.25) is 0 Å². The summed E-state index contributed by atoms with van der Waals surface area (Å²) >= 11 is 1.51. The molecule has 0 spiro atoms. The summed E-state index contributed by atoms with van der Waals surface area (Å²) < 4.78 is 0. The Morgan fingerprint density at radius 1 is 1.29 bits per heavy atom. The highest BCUT2D eigenvalue weighted by Gasteiger charge is 2.16. The van der Waals surface area contributed by atoms with Gasteiger partial charge in [-0.05, 0) is 24.5 Å². The number of carboxylic acids is 1. The highest BCUT2D eigenvalue weighted by Crippen LogP contribution is 2.22. The second-order valence-electron chi connectivity index (χ2n) is 5.43. The molecular formula is C16H23NO3S. The average molecular weight is 309 g/mol. The van der Waals surface area contributed by atoms with E-state index in [1.165, 1.54) is 11.8 Å². The zero-order valence-electron chi connectivity index (χ0n) is 12.8. The van der Waals surface area contributed by atoms with Gasteiger partial charge in [-0.15, -0.1) is 11.8 Å². The maximum Gasteiger partial charge on any atom is 0.305 e. The maximum atomic E-state index is 12.3. The zero-order chi connectivity index (χ0) is 15.8. The molecule has 0 aliphatic heterocycles. The van der Waals surface area contributed by atoms with Crippen molar-refractivity contribution in [3.05, 3.63) is 29.8 Å². The van der Waals surface area contributed by atoms with Gasteiger partial charge in [0, 0.05) is 18.0 Å². The zero-order valence-corrected chi connectivity index (χ0v) is 13.7. The number of carbonyl (C=O) groups is 2. The topological polar surface area (TPSA) is 57.6 Å². The number of amides is 1. The Kier molecular flexibility index (Phi) is 7.29. The van der Waals surface area contributed by atoms with E-state index in [2.05, 4.69) is 0 Å². The van der Waals surface area contributed by atoms with Crippen LogP contribution in [0.5, 0.6) is 0 Å². The van der Waals surface area contributed by atoms with Gasteiger partial charge in [-0.2, -0.15) is 0 Å². The fourth-order valence-corrected chi connectivity index (χ4v) is 2.87. The number of aliphatic carboxylic acids is 1. The Labute approximate surface area is 130 Å². The van der Waals surface area contributed by atoms with Gasteiger partial charge in [-0.25, -0.2) is 0 Å². The van der Waals surface area contributed by atoms with Crippen molar-refractivity contribution in [1.29, 1.82) is 0 Å². The molecule has 1 aromatic rings. The Balaban J connectivity index is 2.59. The number of hydrogen-bond donors (Lipinski definition) is 1. The minimum Gasteiger partial charge on any atom is -0.481 e. The van der Waals surface area contributed by atoms with E-state index in [0.717, 1.165) is 10.5 Å². The first kappa shape index (κ1) is 17.6. The number of rotatable bonds is 8. The van der Waals surface area contributed by atoms with Crippen LogP contribution in [0.4, 0.5) is 0 Å². The fourth-order valence-electron chi connectivity index (χ4n) is 1.94. The molecule has 4 nitrogen and oxygen atoms in total. The largest absolute Gasteiger partial charge is 0.481 e. The maximum absolute atomic E-state index is 12.3. The Morgan fingerprint density at radius 2 is 1.95 bits per heavy atom. The lowest BCUT2D eigenvalue weighted by molar-refractivity contribution is -0.138. The van der Waals surface area contributed by atoms with Crippen LogP contribution in [0.25, 0.3) is 0 Å². The third-order valence-electron chi connectivity index (χ3n) is 2.98. The van der Waals surface area contributed by atoms with Gasteiger partial charge in [0.25, 0.3) is 0 Å². The SMILES string of the molecule is Cc1ccccc1SCC(=O)N(CCC(=O)O)CC(C)C. The molecule has 5 heteroatoms. The molecule has 0 fully saturated rings. The molecule has 0 atom stereocenters. The van der Waals surface area contributed by atoms with Crippen LogP contribution in [-0.4, -0.2) is 40.7 Å². The van der Waals surface area contributed by atoms with E-state index in [0.29, 0.717) is 18.2 Å². The van der Waals surface area contributed by atoms with Crippen molar-refractivity contribution in [3.63, 3.8) is 0 Å². The van der Waals surface area contributed by atoms with Crippen LogP contribution in [0.15, 0.2) is 29.2 Å². The molecule has 0 aliphatic carbocycles. The van der Waals surface area contributed by atoms with E-state index in [1.807, 2.05) is 45.0 Å². The number of thioether (sulfide) groups is 1. The van der Waals surface area contributed by atoms with Crippen LogP contribution in [0.1, 0.15) is 25.8 Å². The number of nitrogens with zero attached hydrogens (tertiary/aromatic N) is 1. The molecule has 116 valence electrons. The summed E-state index contributed by atoms with van der Waals surface area (Å²) in [7, 11) is 0. The lowest BCUT2D eigenvalue weighted by Gasteiger charge is -2.24. The van der Waals surface area contributed by atoms with Crippen molar-refractivity contribution in [2.75, 3.05) is 18.8 Å². The Bertz CT molecular complexity index is 488. The molecule has 1 aromatic carbocycles. The summed E-state index contributed by atoms with van der Waals surface area (Å²) in [5, 5.41) is 8.78. The molecule has 1 N–H and O–H groups in total. The molecule has 1 amide bonds. The highest BCUT2D eigenvalue weighted by molar-refractivity contribution is 8.00. The molecule has 0 saturated heterocycles.